The number of rotatable bonds is 7. The molecular weight excluding hydrogens is 449 g/mol. The molecule has 0 aliphatic carbocycles. The minimum Gasteiger partial charge on any atom is -0.482 e. The monoisotopic (exact) mass is 475 g/mol. The minimum atomic E-state index is -0.234. The summed E-state index contributed by atoms with van der Waals surface area (Å²) in [6, 6.07) is 14.0. The molecule has 4 rings (SSSR count). The van der Waals surface area contributed by atoms with Gasteiger partial charge in [-0.05, 0) is 61.6 Å². The normalized spacial score (nSPS) is 22.4. The molecule has 2 bridgehead atoms. The summed E-state index contributed by atoms with van der Waals surface area (Å²) in [6.07, 6.45) is 4.19. The average molecular weight is 476 g/mol. The molecule has 170 valence electrons. The quantitative estimate of drug-likeness (QED) is 0.611. The molecule has 32 heavy (non-hydrogen) atoms. The highest BCUT2D eigenvalue weighted by Gasteiger charge is 2.40. The number of hydrogen-bond acceptors (Lipinski definition) is 4. The van der Waals surface area contributed by atoms with E-state index in [1.54, 1.807) is 18.2 Å². The Balaban J connectivity index is 1.29. The summed E-state index contributed by atoms with van der Waals surface area (Å²) >= 11 is 12.0. The molecule has 3 atom stereocenters. The van der Waals surface area contributed by atoms with E-state index in [1.807, 2.05) is 12.1 Å². The van der Waals surface area contributed by atoms with Crippen LogP contribution in [0.25, 0.3) is 0 Å². The molecule has 8 heteroatoms. The first-order chi connectivity index (χ1) is 15.4. The summed E-state index contributed by atoms with van der Waals surface area (Å²) in [5, 5.41) is 7.04. The van der Waals surface area contributed by atoms with E-state index in [4.69, 9.17) is 27.9 Å². The van der Waals surface area contributed by atoms with E-state index in [0.717, 1.165) is 37.3 Å². The van der Waals surface area contributed by atoms with Crippen molar-refractivity contribution in [3.8, 4) is 5.75 Å². The number of halogens is 2. The summed E-state index contributed by atoms with van der Waals surface area (Å²) in [5.41, 5.74) is 1.71. The number of piperidine rings is 1. The Morgan fingerprint density at radius 3 is 2.34 bits per heavy atom. The molecule has 2 saturated heterocycles. The van der Waals surface area contributed by atoms with Gasteiger partial charge in [0.2, 0.25) is 5.91 Å². The SMILES string of the molecule is CC(=O)Nc1cc(Cl)ccc1OCC(=O)N[C@H]1C[C@H]2CC[C@@H](C1)N2Cc1ccc(Cl)cc1. The van der Waals surface area contributed by atoms with Crippen LogP contribution in [0.4, 0.5) is 5.69 Å². The molecule has 0 saturated carbocycles. The standard InChI is InChI=1S/C24H27Cl2N3O3/c1-15(30)27-22-10-18(26)6-9-23(22)32-14-24(31)28-19-11-20-7-8-21(12-19)29(20)13-16-2-4-17(25)5-3-16/h2-6,9-10,19-21H,7-8,11-14H2,1H3,(H,27,30)(H,28,31)/t19-,20+,21-. The molecule has 6 nitrogen and oxygen atoms in total. The van der Waals surface area contributed by atoms with Crippen LogP contribution < -0.4 is 15.4 Å². The molecule has 2 N–H and O–H groups in total. The van der Waals surface area contributed by atoms with E-state index in [-0.39, 0.29) is 24.5 Å². The molecule has 0 spiro atoms. The van der Waals surface area contributed by atoms with Gasteiger partial charge in [-0.1, -0.05) is 35.3 Å². The molecule has 2 heterocycles. The van der Waals surface area contributed by atoms with E-state index in [1.165, 1.54) is 12.5 Å². The average Bonchev–Trinajstić information content (AvgIpc) is 2.96. The lowest BCUT2D eigenvalue weighted by molar-refractivity contribution is -0.124. The second-order valence-corrected chi connectivity index (χ2v) is 9.40. The van der Waals surface area contributed by atoms with Gasteiger partial charge in [0.15, 0.2) is 6.61 Å². The zero-order valence-corrected chi connectivity index (χ0v) is 19.5. The number of nitrogens with zero attached hydrogens (tertiary/aromatic N) is 1. The van der Waals surface area contributed by atoms with Crippen molar-refractivity contribution in [2.45, 2.75) is 57.3 Å². The first-order valence-corrected chi connectivity index (χ1v) is 11.6. The van der Waals surface area contributed by atoms with E-state index in [9.17, 15) is 9.59 Å². The molecule has 2 aliphatic heterocycles. The molecule has 2 amide bonds. The van der Waals surface area contributed by atoms with Gasteiger partial charge in [0.1, 0.15) is 5.75 Å². The highest BCUT2D eigenvalue weighted by atomic mass is 35.5. The van der Waals surface area contributed by atoms with Crippen LogP contribution >= 0.6 is 23.2 Å². The molecule has 2 aromatic rings. The number of anilines is 1. The lowest BCUT2D eigenvalue weighted by Gasteiger charge is -2.39. The predicted octanol–water partition coefficient (Wildman–Crippen LogP) is 4.64. The Morgan fingerprint density at radius 2 is 1.69 bits per heavy atom. The molecule has 2 aromatic carbocycles. The lowest BCUT2D eigenvalue weighted by Crippen LogP contribution is -2.50. The van der Waals surface area contributed by atoms with Crippen LogP contribution in [0.1, 0.15) is 38.2 Å². The van der Waals surface area contributed by atoms with Crippen LogP contribution in [0.5, 0.6) is 5.75 Å². The number of carbonyl (C=O) groups excluding carboxylic acids is 2. The summed E-state index contributed by atoms with van der Waals surface area (Å²) in [4.78, 5) is 26.5. The molecule has 0 unspecified atom stereocenters. The van der Waals surface area contributed by atoms with E-state index in [0.29, 0.717) is 28.5 Å². The number of ether oxygens (including phenoxy) is 1. The maximum absolute atomic E-state index is 12.5. The Bertz CT molecular complexity index is 969. The van der Waals surface area contributed by atoms with Crippen LogP contribution in [0.2, 0.25) is 10.0 Å². The van der Waals surface area contributed by atoms with Crippen LogP contribution in [0.3, 0.4) is 0 Å². The van der Waals surface area contributed by atoms with Gasteiger partial charge in [-0.3, -0.25) is 14.5 Å². The second-order valence-electron chi connectivity index (χ2n) is 8.53. The third kappa shape index (κ3) is 5.74. The summed E-state index contributed by atoms with van der Waals surface area (Å²) in [7, 11) is 0. The van der Waals surface area contributed by atoms with Gasteiger partial charge in [-0.15, -0.1) is 0 Å². The zero-order chi connectivity index (χ0) is 22.7. The smallest absolute Gasteiger partial charge is 0.258 e. The largest absolute Gasteiger partial charge is 0.482 e. The number of hydrogen-bond donors (Lipinski definition) is 2. The van der Waals surface area contributed by atoms with Crippen molar-refractivity contribution >= 4 is 40.7 Å². The van der Waals surface area contributed by atoms with Crippen molar-refractivity contribution in [1.29, 1.82) is 0 Å². The molecule has 0 radical (unpaired) electrons. The van der Waals surface area contributed by atoms with Gasteiger partial charge in [0.25, 0.3) is 5.91 Å². The Morgan fingerprint density at radius 1 is 1.03 bits per heavy atom. The van der Waals surface area contributed by atoms with Crippen LogP contribution in [-0.2, 0) is 16.1 Å². The van der Waals surface area contributed by atoms with E-state index < -0.39 is 0 Å². The lowest BCUT2D eigenvalue weighted by atomic mass is 9.96. The van der Waals surface area contributed by atoms with Gasteiger partial charge in [0.05, 0.1) is 5.69 Å². The first kappa shape index (κ1) is 22.9. The Labute approximate surface area is 198 Å². The maximum atomic E-state index is 12.5. The predicted molar refractivity (Wildman–Crippen MR) is 126 cm³/mol. The van der Waals surface area contributed by atoms with Crippen LogP contribution in [0.15, 0.2) is 42.5 Å². The second kappa shape index (κ2) is 10.1. The Hall–Kier alpha value is -2.28. The van der Waals surface area contributed by atoms with Crippen molar-refractivity contribution in [2.24, 2.45) is 0 Å². The number of benzene rings is 2. The van der Waals surface area contributed by atoms with Crippen molar-refractivity contribution < 1.29 is 14.3 Å². The molecule has 2 fully saturated rings. The minimum absolute atomic E-state index is 0.117. The topological polar surface area (TPSA) is 70.7 Å². The Kier molecular flexibility index (Phi) is 7.23. The summed E-state index contributed by atoms with van der Waals surface area (Å²) < 4.78 is 5.67. The van der Waals surface area contributed by atoms with E-state index >= 15 is 0 Å². The van der Waals surface area contributed by atoms with Crippen LogP contribution in [0, 0.1) is 0 Å². The fraction of sp³-hybridized carbons (Fsp3) is 0.417. The van der Waals surface area contributed by atoms with Crippen molar-refractivity contribution in [3.63, 3.8) is 0 Å². The summed E-state index contributed by atoms with van der Waals surface area (Å²) in [5.74, 6) is 0.0179. The highest BCUT2D eigenvalue weighted by molar-refractivity contribution is 6.31. The number of fused-ring (bicyclic) bond motifs is 2. The van der Waals surface area contributed by atoms with Crippen molar-refractivity contribution in [3.05, 3.63) is 58.1 Å². The van der Waals surface area contributed by atoms with Crippen molar-refractivity contribution in [1.82, 2.24) is 10.2 Å². The van der Waals surface area contributed by atoms with Gasteiger partial charge in [-0.2, -0.15) is 0 Å². The zero-order valence-electron chi connectivity index (χ0n) is 17.9. The third-order valence-corrected chi connectivity index (χ3v) is 6.63. The van der Waals surface area contributed by atoms with Gasteiger partial charge in [-0.25, -0.2) is 0 Å². The fourth-order valence-electron chi connectivity index (χ4n) is 4.78. The van der Waals surface area contributed by atoms with Gasteiger partial charge < -0.3 is 15.4 Å². The number of carbonyl (C=O) groups is 2. The maximum Gasteiger partial charge on any atom is 0.258 e. The molecule has 0 aromatic heterocycles. The highest BCUT2D eigenvalue weighted by Crippen LogP contribution is 2.37. The number of nitrogens with one attached hydrogen (secondary N) is 2. The molecular formula is C24H27Cl2N3O3. The molecule has 2 aliphatic rings. The fourth-order valence-corrected chi connectivity index (χ4v) is 5.08. The first-order valence-electron chi connectivity index (χ1n) is 10.9. The van der Waals surface area contributed by atoms with E-state index in [2.05, 4.69) is 27.7 Å². The van der Waals surface area contributed by atoms with Gasteiger partial charge in [0, 0.05) is 41.6 Å². The van der Waals surface area contributed by atoms with Crippen LogP contribution in [-0.4, -0.2) is 41.4 Å². The number of amides is 2. The van der Waals surface area contributed by atoms with Crippen molar-refractivity contribution in [2.75, 3.05) is 11.9 Å². The summed E-state index contributed by atoms with van der Waals surface area (Å²) in [6.45, 7) is 2.21. The van der Waals surface area contributed by atoms with Gasteiger partial charge >= 0.3 is 0 Å². The third-order valence-electron chi connectivity index (χ3n) is 6.14.